The SMILES string of the molecule is CC=CC(O)c1c(CC)c(=O)[nH]c(=O)n1COCC. The minimum Gasteiger partial charge on any atom is -0.383 e. The summed E-state index contributed by atoms with van der Waals surface area (Å²) < 4.78 is 6.47. The number of aromatic nitrogens is 2. The lowest BCUT2D eigenvalue weighted by Crippen LogP contribution is -2.36. The van der Waals surface area contributed by atoms with Gasteiger partial charge in [0.05, 0.1) is 5.69 Å². The molecule has 0 saturated heterocycles. The average Bonchev–Trinajstić information content (AvgIpc) is 2.37. The first-order valence-electron chi connectivity index (χ1n) is 6.31. The van der Waals surface area contributed by atoms with Crippen LogP contribution in [0.4, 0.5) is 0 Å². The number of hydrogen-bond donors (Lipinski definition) is 2. The Morgan fingerprint density at radius 2 is 2.11 bits per heavy atom. The van der Waals surface area contributed by atoms with Crippen molar-refractivity contribution in [1.82, 2.24) is 9.55 Å². The first kappa shape index (κ1) is 15.4. The van der Waals surface area contributed by atoms with E-state index < -0.39 is 17.4 Å². The minimum atomic E-state index is -1.00. The molecule has 0 aliphatic heterocycles. The Balaban J connectivity index is 3.50. The lowest BCUT2D eigenvalue weighted by atomic mass is 10.1. The van der Waals surface area contributed by atoms with Crippen LogP contribution in [0.15, 0.2) is 21.7 Å². The fourth-order valence-corrected chi connectivity index (χ4v) is 1.89. The molecule has 0 amide bonds. The van der Waals surface area contributed by atoms with Crippen molar-refractivity contribution in [3.8, 4) is 0 Å². The highest BCUT2D eigenvalue weighted by Crippen LogP contribution is 2.16. The zero-order valence-electron chi connectivity index (χ0n) is 11.5. The smallest absolute Gasteiger partial charge is 0.330 e. The lowest BCUT2D eigenvalue weighted by molar-refractivity contribution is 0.0758. The third-order valence-electron chi connectivity index (χ3n) is 2.77. The standard InChI is InChI=1S/C13H20N2O4/c1-4-7-10(16)11-9(5-2)12(17)14-13(18)15(11)8-19-6-3/h4,7,10,16H,5-6,8H2,1-3H3,(H,14,17,18). The monoisotopic (exact) mass is 268 g/mol. The molecule has 0 bridgehead atoms. The molecule has 0 aliphatic rings. The van der Waals surface area contributed by atoms with Gasteiger partial charge in [-0.1, -0.05) is 19.1 Å². The number of nitrogens with one attached hydrogen (secondary N) is 1. The van der Waals surface area contributed by atoms with Gasteiger partial charge in [-0.25, -0.2) is 4.79 Å². The molecular weight excluding hydrogens is 248 g/mol. The summed E-state index contributed by atoms with van der Waals surface area (Å²) in [6.07, 6.45) is 2.61. The normalized spacial score (nSPS) is 13.1. The van der Waals surface area contributed by atoms with Crippen molar-refractivity contribution in [2.75, 3.05) is 6.61 Å². The Labute approximate surface area is 111 Å². The molecule has 1 aromatic heterocycles. The maximum absolute atomic E-state index is 11.8. The van der Waals surface area contributed by atoms with Crippen LogP contribution < -0.4 is 11.2 Å². The molecule has 19 heavy (non-hydrogen) atoms. The van der Waals surface area contributed by atoms with Gasteiger partial charge in [0, 0.05) is 12.2 Å². The first-order valence-corrected chi connectivity index (χ1v) is 6.31. The van der Waals surface area contributed by atoms with Crippen molar-refractivity contribution in [1.29, 1.82) is 0 Å². The highest BCUT2D eigenvalue weighted by Gasteiger charge is 2.18. The summed E-state index contributed by atoms with van der Waals surface area (Å²) in [6, 6.07) is 0. The second-order valence-corrected chi connectivity index (χ2v) is 4.00. The highest BCUT2D eigenvalue weighted by molar-refractivity contribution is 5.23. The van der Waals surface area contributed by atoms with Gasteiger partial charge < -0.3 is 9.84 Å². The van der Waals surface area contributed by atoms with Crippen LogP contribution in [-0.2, 0) is 17.9 Å². The summed E-state index contributed by atoms with van der Waals surface area (Å²) in [5, 5.41) is 10.1. The molecule has 1 heterocycles. The molecule has 0 aromatic carbocycles. The maximum atomic E-state index is 11.8. The highest BCUT2D eigenvalue weighted by atomic mass is 16.5. The second-order valence-electron chi connectivity index (χ2n) is 4.00. The molecule has 0 spiro atoms. The van der Waals surface area contributed by atoms with Gasteiger partial charge >= 0.3 is 5.69 Å². The quantitative estimate of drug-likeness (QED) is 0.744. The number of nitrogens with zero attached hydrogens (tertiary/aromatic N) is 1. The van der Waals surface area contributed by atoms with Crippen LogP contribution in [0.2, 0.25) is 0 Å². The van der Waals surface area contributed by atoms with E-state index in [2.05, 4.69) is 4.98 Å². The van der Waals surface area contributed by atoms with Crippen molar-refractivity contribution in [3.63, 3.8) is 0 Å². The Hall–Kier alpha value is -1.66. The molecule has 0 radical (unpaired) electrons. The summed E-state index contributed by atoms with van der Waals surface area (Å²) in [6.45, 7) is 5.80. The van der Waals surface area contributed by atoms with Gasteiger partial charge in [0.15, 0.2) is 0 Å². The summed E-state index contributed by atoms with van der Waals surface area (Å²) >= 11 is 0. The number of allylic oxidation sites excluding steroid dienone is 1. The van der Waals surface area contributed by atoms with Crippen LogP contribution >= 0.6 is 0 Å². The van der Waals surface area contributed by atoms with E-state index in [1.807, 2.05) is 0 Å². The van der Waals surface area contributed by atoms with Gasteiger partial charge in [0.25, 0.3) is 5.56 Å². The molecule has 1 atom stereocenters. The third kappa shape index (κ3) is 3.42. The second kappa shape index (κ2) is 7.06. The van der Waals surface area contributed by atoms with E-state index in [1.165, 1.54) is 10.6 Å². The number of aromatic amines is 1. The molecule has 1 rings (SSSR count). The summed E-state index contributed by atoms with van der Waals surface area (Å²) in [4.78, 5) is 25.9. The van der Waals surface area contributed by atoms with Crippen LogP contribution in [0, 0.1) is 0 Å². The Bertz CT molecular complexity index is 557. The third-order valence-corrected chi connectivity index (χ3v) is 2.77. The molecule has 1 unspecified atom stereocenters. The topological polar surface area (TPSA) is 84.3 Å². The van der Waals surface area contributed by atoms with Gasteiger partial charge in [-0.3, -0.25) is 14.3 Å². The van der Waals surface area contributed by atoms with Crippen LogP contribution in [0.5, 0.6) is 0 Å². The van der Waals surface area contributed by atoms with Gasteiger partial charge in [0.1, 0.15) is 12.8 Å². The number of ether oxygens (including phenoxy) is 1. The zero-order chi connectivity index (χ0) is 14.4. The minimum absolute atomic E-state index is 0.00304. The molecule has 0 saturated carbocycles. The molecule has 6 heteroatoms. The van der Waals surface area contributed by atoms with E-state index in [1.54, 1.807) is 26.8 Å². The summed E-state index contributed by atoms with van der Waals surface area (Å²) in [5.41, 5.74) is -0.347. The fourth-order valence-electron chi connectivity index (χ4n) is 1.89. The summed E-state index contributed by atoms with van der Waals surface area (Å²) in [7, 11) is 0. The van der Waals surface area contributed by atoms with Gasteiger partial charge in [-0.05, 0) is 20.3 Å². The fraction of sp³-hybridized carbons (Fsp3) is 0.538. The van der Waals surface area contributed by atoms with E-state index in [4.69, 9.17) is 4.74 Å². The maximum Gasteiger partial charge on any atom is 0.330 e. The van der Waals surface area contributed by atoms with Crippen LogP contribution in [-0.4, -0.2) is 21.3 Å². The number of aliphatic hydroxyl groups excluding tert-OH is 1. The predicted molar refractivity (Wildman–Crippen MR) is 72.1 cm³/mol. The van der Waals surface area contributed by atoms with Gasteiger partial charge in [0.2, 0.25) is 0 Å². The average molecular weight is 268 g/mol. The van der Waals surface area contributed by atoms with Crippen LogP contribution in [0.25, 0.3) is 0 Å². The Morgan fingerprint density at radius 1 is 1.42 bits per heavy atom. The summed E-state index contributed by atoms with van der Waals surface area (Å²) in [5.74, 6) is 0. The van der Waals surface area contributed by atoms with E-state index >= 15 is 0 Å². The zero-order valence-corrected chi connectivity index (χ0v) is 11.5. The Morgan fingerprint density at radius 3 is 2.63 bits per heavy atom. The van der Waals surface area contributed by atoms with Crippen molar-refractivity contribution < 1.29 is 9.84 Å². The van der Waals surface area contributed by atoms with Crippen LogP contribution in [0.1, 0.15) is 38.1 Å². The van der Waals surface area contributed by atoms with Gasteiger partial charge in [-0.2, -0.15) is 0 Å². The van der Waals surface area contributed by atoms with Crippen molar-refractivity contribution >= 4 is 0 Å². The number of hydrogen-bond acceptors (Lipinski definition) is 4. The molecule has 106 valence electrons. The van der Waals surface area contributed by atoms with E-state index in [0.29, 0.717) is 24.3 Å². The van der Waals surface area contributed by atoms with E-state index in [-0.39, 0.29) is 6.73 Å². The largest absolute Gasteiger partial charge is 0.383 e. The van der Waals surface area contributed by atoms with E-state index in [0.717, 1.165) is 0 Å². The first-order chi connectivity index (χ1) is 9.06. The van der Waals surface area contributed by atoms with Gasteiger partial charge in [-0.15, -0.1) is 0 Å². The molecule has 2 N–H and O–H groups in total. The van der Waals surface area contributed by atoms with E-state index in [9.17, 15) is 14.7 Å². The number of aliphatic hydroxyl groups is 1. The molecule has 1 aromatic rings. The number of H-pyrrole nitrogens is 1. The predicted octanol–water partition coefficient (Wildman–Crippen LogP) is 0.702. The molecule has 6 nitrogen and oxygen atoms in total. The van der Waals surface area contributed by atoms with Crippen molar-refractivity contribution in [3.05, 3.63) is 44.2 Å². The van der Waals surface area contributed by atoms with Crippen molar-refractivity contribution in [2.45, 2.75) is 40.0 Å². The molecule has 0 fully saturated rings. The lowest BCUT2D eigenvalue weighted by Gasteiger charge is -2.17. The number of rotatable bonds is 6. The molecular formula is C13H20N2O4. The Kier molecular flexibility index (Phi) is 5.72. The van der Waals surface area contributed by atoms with Crippen molar-refractivity contribution in [2.24, 2.45) is 0 Å². The molecule has 0 aliphatic carbocycles. The van der Waals surface area contributed by atoms with Crippen LogP contribution in [0.3, 0.4) is 0 Å².